The number of aldehydes is 1. The first-order chi connectivity index (χ1) is 9.17. The second-order valence-electron chi connectivity index (χ2n) is 4.51. The first-order valence-electron chi connectivity index (χ1n) is 6.61. The minimum atomic E-state index is 0.303. The summed E-state index contributed by atoms with van der Waals surface area (Å²) in [6, 6.07) is 3.77. The van der Waals surface area contributed by atoms with Gasteiger partial charge in [0.25, 0.3) is 0 Å². The Kier molecular flexibility index (Phi) is 7.36. The van der Waals surface area contributed by atoms with Crippen molar-refractivity contribution < 1.29 is 9.59 Å². The van der Waals surface area contributed by atoms with Gasteiger partial charge in [-0.1, -0.05) is 0 Å². The van der Waals surface area contributed by atoms with Gasteiger partial charge in [0, 0.05) is 30.9 Å². The molecule has 0 aliphatic carbocycles. The van der Waals surface area contributed by atoms with Gasteiger partial charge < -0.3 is 10.2 Å². The molecule has 0 unspecified atom stereocenters. The van der Waals surface area contributed by atoms with E-state index >= 15 is 0 Å². The summed E-state index contributed by atoms with van der Waals surface area (Å²) < 4.78 is 0. The van der Waals surface area contributed by atoms with Crippen LogP contribution in [0.4, 0.5) is 0 Å². The molecule has 1 saturated heterocycles. The van der Waals surface area contributed by atoms with Crippen LogP contribution in [0.15, 0.2) is 12.1 Å². The van der Waals surface area contributed by atoms with Crippen molar-refractivity contribution >= 4 is 23.5 Å². The maximum atomic E-state index is 11.3. The van der Waals surface area contributed by atoms with Crippen LogP contribution in [-0.4, -0.2) is 43.8 Å². The molecule has 0 spiro atoms. The molecule has 1 aromatic heterocycles. The van der Waals surface area contributed by atoms with E-state index in [1.54, 1.807) is 0 Å². The molecule has 1 fully saturated rings. The molecule has 19 heavy (non-hydrogen) atoms. The SMILES string of the molecule is CNCCC(=O)N1CCCC1.Cc1ccc(C=O)s1. The van der Waals surface area contributed by atoms with Gasteiger partial charge in [0.2, 0.25) is 5.91 Å². The highest BCUT2D eigenvalue weighted by Crippen LogP contribution is 2.11. The van der Waals surface area contributed by atoms with Gasteiger partial charge in [-0.2, -0.15) is 0 Å². The minimum Gasteiger partial charge on any atom is -0.343 e. The highest BCUT2D eigenvalue weighted by molar-refractivity contribution is 7.13. The standard InChI is InChI=1S/C8H16N2O.C6H6OS/c1-9-5-4-8(11)10-6-2-3-7-10;1-5-2-3-6(4-7)8-5/h9H,2-7H2,1H3;2-4H,1H3. The zero-order chi connectivity index (χ0) is 14.1. The number of amides is 1. The van der Waals surface area contributed by atoms with E-state index in [1.165, 1.54) is 29.1 Å². The molecule has 1 aliphatic rings. The van der Waals surface area contributed by atoms with E-state index in [4.69, 9.17) is 0 Å². The molecule has 1 aliphatic heterocycles. The van der Waals surface area contributed by atoms with E-state index in [-0.39, 0.29) is 0 Å². The quantitative estimate of drug-likeness (QED) is 0.860. The topological polar surface area (TPSA) is 49.4 Å². The third-order valence-electron chi connectivity index (χ3n) is 2.92. The molecule has 0 aromatic carbocycles. The number of aryl methyl sites for hydroxylation is 1. The molecule has 4 nitrogen and oxygen atoms in total. The van der Waals surface area contributed by atoms with Crippen LogP contribution in [0.1, 0.15) is 33.8 Å². The molecular weight excluding hydrogens is 260 g/mol. The summed E-state index contributed by atoms with van der Waals surface area (Å²) in [6.07, 6.45) is 3.89. The number of hydrogen-bond donors (Lipinski definition) is 1. The first kappa shape index (κ1) is 15.9. The van der Waals surface area contributed by atoms with Crippen molar-refractivity contribution in [2.45, 2.75) is 26.2 Å². The number of hydrogen-bond acceptors (Lipinski definition) is 4. The predicted octanol–water partition coefficient (Wildman–Crippen LogP) is 2.09. The third-order valence-corrected chi connectivity index (χ3v) is 3.85. The van der Waals surface area contributed by atoms with Crippen LogP contribution in [0, 0.1) is 6.92 Å². The fourth-order valence-electron chi connectivity index (χ4n) is 1.87. The molecule has 1 aromatic rings. The Bertz CT molecular complexity index is 398. The van der Waals surface area contributed by atoms with Crippen molar-refractivity contribution in [3.05, 3.63) is 21.9 Å². The van der Waals surface area contributed by atoms with Crippen molar-refractivity contribution in [2.75, 3.05) is 26.7 Å². The Morgan fingerprint density at radius 1 is 1.42 bits per heavy atom. The van der Waals surface area contributed by atoms with Crippen LogP contribution in [0.25, 0.3) is 0 Å². The van der Waals surface area contributed by atoms with Crippen LogP contribution in [0.5, 0.6) is 0 Å². The van der Waals surface area contributed by atoms with Gasteiger partial charge in [-0.3, -0.25) is 9.59 Å². The second kappa shape index (κ2) is 8.82. The van der Waals surface area contributed by atoms with Crippen LogP contribution in [0.2, 0.25) is 0 Å². The smallest absolute Gasteiger partial charge is 0.223 e. The average molecular weight is 282 g/mol. The highest BCUT2D eigenvalue weighted by Gasteiger charge is 2.16. The molecule has 1 amide bonds. The molecular formula is C14H22N2O2S. The van der Waals surface area contributed by atoms with Crippen LogP contribution >= 0.6 is 11.3 Å². The zero-order valence-corrected chi connectivity index (χ0v) is 12.5. The lowest BCUT2D eigenvalue weighted by Crippen LogP contribution is -2.29. The number of likely N-dealkylation sites (tertiary alicyclic amines) is 1. The molecule has 106 valence electrons. The van der Waals surface area contributed by atoms with Gasteiger partial charge in [-0.05, 0) is 38.9 Å². The van der Waals surface area contributed by atoms with Crippen LogP contribution in [-0.2, 0) is 4.79 Å². The Balaban J connectivity index is 0.000000200. The Morgan fingerprint density at radius 2 is 2.11 bits per heavy atom. The summed E-state index contributed by atoms with van der Waals surface area (Å²) in [6.45, 7) is 4.73. The van der Waals surface area contributed by atoms with Gasteiger partial charge in [-0.25, -0.2) is 0 Å². The molecule has 0 atom stereocenters. The van der Waals surface area contributed by atoms with Gasteiger partial charge in [0.05, 0.1) is 4.88 Å². The normalized spacial score (nSPS) is 13.9. The van der Waals surface area contributed by atoms with E-state index in [0.29, 0.717) is 12.3 Å². The third kappa shape index (κ3) is 5.98. The summed E-state index contributed by atoms with van der Waals surface area (Å²) in [5.74, 6) is 0.303. The average Bonchev–Trinajstić information content (AvgIpc) is 3.07. The summed E-state index contributed by atoms with van der Waals surface area (Å²) in [5, 5.41) is 2.97. The second-order valence-corrected chi connectivity index (χ2v) is 5.83. The molecule has 0 saturated carbocycles. The Labute approximate surface area is 118 Å². The Hall–Kier alpha value is -1.20. The Morgan fingerprint density at radius 3 is 2.53 bits per heavy atom. The summed E-state index contributed by atoms with van der Waals surface area (Å²) in [4.78, 5) is 25.3. The molecule has 2 heterocycles. The lowest BCUT2D eigenvalue weighted by atomic mass is 10.4. The molecule has 1 N–H and O–H groups in total. The van der Waals surface area contributed by atoms with E-state index in [2.05, 4.69) is 5.32 Å². The van der Waals surface area contributed by atoms with Gasteiger partial charge >= 0.3 is 0 Å². The number of nitrogens with one attached hydrogen (secondary N) is 1. The summed E-state index contributed by atoms with van der Waals surface area (Å²) >= 11 is 1.52. The maximum absolute atomic E-state index is 11.3. The molecule has 5 heteroatoms. The van der Waals surface area contributed by atoms with E-state index < -0.39 is 0 Å². The number of thiophene rings is 1. The lowest BCUT2D eigenvalue weighted by molar-refractivity contribution is -0.129. The first-order valence-corrected chi connectivity index (χ1v) is 7.43. The fourth-order valence-corrected chi connectivity index (χ4v) is 2.57. The molecule has 2 rings (SSSR count). The van der Waals surface area contributed by atoms with Crippen LogP contribution < -0.4 is 5.32 Å². The van der Waals surface area contributed by atoms with Crippen molar-refractivity contribution in [3.8, 4) is 0 Å². The van der Waals surface area contributed by atoms with Crippen molar-refractivity contribution in [2.24, 2.45) is 0 Å². The molecule has 0 radical (unpaired) electrons. The maximum Gasteiger partial charge on any atom is 0.223 e. The highest BCUT2D eigenvalue weighted by atomic mass is 32.1. The van der Waals surface area contributed by atoms with E-state index in [9.17, 15) is 9.59 Å². The van der Waals surface area contributed by atoms with Gasteiger partial charge in [-0.15, -0.1) is 11.3 Å². The predicted molar refractivity (Wildman–Crippen MR) is 78.8 cm³/mol. The van der Waals surface area contributed by atoms with Crippen molar-refractivity contribution in [3.63, 3.8) is 0 Å². The summed E-state index contributed by atoms with van der Waals surface area (Å²) in [7, 11) is 1.87. The summed E-state index contributed by atoms with van der Waals surface area (Å²) in [5.41, 5.74) is 0. The zero-order valence-electron chi connectivity index (χ0n) is 11.6. The minimum absolute atomic E-state index is 0.303. The van der Waals surface area contributed by atoms with Gasteiger partial charge in [0.1, 0.15) is 0 Å². The van der Waals surface area contributed by atoms with Crippen LogP contribution in [0.3, 0.4) is 0 Å². The molecule has 0 bridgehead atoms. The number of rotatable bonds is 4. The van der Waals surface area contributed by atoms with Crippen molar-refractivity contribution in [1.29, 1.82) is 0 Å². The monoisotopic (exact) mass is 282 g/mol. The fraction of sp³-hybridized carbons (Fsp3) is 0.571. The number of nitrogens with zero attached hydrogens (tertiary/aromatic N) is 1. The van der Waals surface area contributed by atoms with E-state index in [1.807, 2.05) is 31.0 Å². The van der Waals surface area contributed by atoms with Gasteiger partial charge in [0.15, 0.2) is 6.29 Å². The number of carbonyl (C=O) groups is 2. The number of carbonyl (C=O) groups excluding carboxylic acids is 2. The largest absolute Gasteiger partial charge is 0.343 e. The lowest BCUT2D eigenvalue weighted by Gasteiger charge is -2.14. The van der Waals surface area contributed by atoms with E-state index in [0.717, 1.165) is 30.8 Å². The van der Waals surface area contributed by atoms with Crippen molar-refractivity contribution in [1.82, 2.24) is 10.2 Å².